The lowest BCUT2D eigenvalue weighted by Gasteiger charge is -2.36. The third kappa shape index (κ3) is 6.76. The number of hydrogen-bond donors (Lipinski definition) is 1. The maximum atomic E-state index is 15.4. The second kappa shape index (κ2) is 12.6. The van der Waals surface area contributed by atoms with E-state index in [1.165, 1.54) is 18.2 Å². The van der Waals surface area contributed by atoms with Gasteiger partial charge in [0.2, 0.25) is 0 Å². The number of benzene rings is 2. The van der Waals surface area contributed by atoms with Gasteiger partial charge in [0.25, 0.3) is 0 Å². The van der Waals surface area contributed by atoms with Crippen molar-refractivity contribution in [3.05, 3.63) is 65.9 Å². The number of carboxylic acids is 1. The van der Waals surface area contributed by atoms with Crippen molar-refractivity contribution in [2.24, 2.45) is 11.8 Å². The number of nitrogens with zero attached hydrogens (tertiary/aromatic N) is 2. The molecule has 0 bridgehead atoms. The van der Waals surface area contributed by atoms with Gasteiger partial charge in [-0.2, -0.15) is 0 Å². The average molecular weight is 533 g/mol. The zero-order chi connectivity index (χ0) is 26.4. The minimum absolute atomic E-state index is 0.0193. The first kappa shape index (κ1) is 27.3. The van der Waals surface area contributed by atoms with E-state index in [0.717, 1.165) is 18.3 Å². The van der Waals surface area contributed by atoms with E-state index in [1.807, 2.05) is 0 Å². The smallest absolute Gasteiger partial charge is 0.308 e. The minimum Gasteiger partial charge on any atom is -0.497 e. The van der Waals surface area contributed by atoms with E-state index in [-0.39, 0.29) is 17.2 Å². The number of aliphatic carboxylic acids is 1. The summed E-state index contributed by atoms with van der Waals surface area (Å²) in [4.78, 5) is 18.4. The molecule has 0 spiro atoms. The lowest BCUT2D eigenvalue weighted by Crippen LogP contribution is -2.44. The Kier molecular flexibility index (Phi) is 9.32. The molecular formula is C28H31F3N2O3S. The Balaban J connectivity index is 1.30. The predicted molar refractivity (Wildman–Crippen MR) is 139 cm³/mol. The van der Waals surface area contributed by atoms with Crippen LogP contribution < -0.4 is 4.74 Å². The molecule has 198 valence electrons. The molecule has 0 amide bonds. The number of halogens is 3. The van der Waals surface area contributed by atoms with E-state index in [0.29, 0.717) is 60.3 Å². The molecule has 1 aliphatic heterocycles. The second-order valence-corrected chi connectivity index (χ2v) is 10.5. The molecule has 3 atom stereocenters. The monoisotopic (exact) mass is 532 g/mol. The lowest BCUT2D eigenvalue weighted by atomic mass is 9.81. The van der Waals surface area contributed by atoms with Gasteiger partial charge in [0.05, 0.1) is 23.4 Å². The van der Waals surface area contributed by atoms with Crippen LogP contribution >= 0.6 is 11.8 Å². The number of ether oxygens (including phenoxy) is 1. The van der Waals surface area contributed by atoms with Crippen LogP contribution in [0, 0.1) is 23.5 Å². The van der Waals surface area contributed by atoms with Crippen LogP contribution in [-0.2, 0) is 4.79 Å². The maximum absolute atomic E-state index is 15.4. The number of hydrogen-bond acceptors (Lipinski definition) is 5. The molecule has 1 fully saturated rings. The summed E-state index contributed by atoms with van der Waals surface area (Å²) < 4.78 is 48.2. The molecule has 37 heavy (non-hydrogen) atoms. The fourth-order valence-corrected chi connectivity index (χ4v) is 5.93. The topological polar surface area (TPSA) is 62.7 Å². The summed E-state index contributed by atoms with van der Waals surface area (Å²) in [6.07, 6.45) is 2.41. The number of rotatable bonds is 11. The molecular weight excluding hydrogens is 501 g/mol. The van der Waals surface area contributed by atoms with Crippen LogP contribution in [0.15, 0.2) is 53.6 Å². The number of carboxylic acid groups (broad SMARTS) is 1. The van der Waals surface area contributed by atoms with Crippen molar-refractivity contribution in [3.63, 3.8) is 0 Å². The van der Waals surface area contributed by atoms with Gasteiger partial charge in [0.15, 0.2) is 0 Å². The Labute approximate surface area is 219 Å². The summed E-state index contributed by atoms with van der Waals surface area (Å²) in [7, 11) is 1.56. The standard InChI is InChI=1S/C28H31F3N2O3S/c1-36-19-7-9-26-21(16-19)20(10-12-32-26)23(29)8-6-18-11-14-33(17-22(18)28(34)35)13-3-15-37-27-24(30)4-2-5-25(27)31/h2,4-5,7,9-10,12,16,18,22-23H,3,6,8,11,13-15,17H2,1H3,(H,34,35)/t18-,22+,23?/m1/s1. The number of methoxy groups -OCH3 is 1. The fourth-order valence-electron chi connectivity index (χ4n) is 5.04. The number of thioether (sulfide) groups is 1. The Morgan fingerprint density at radius 1 is 1.24 bits per heavy atom. The molecule has 1 unspecified atom stereocenters. The van der Waals surface area contributed by atoms with Crippen LogP contribution in [0.3, 0.4) is 0 Å². The van der Waals surface area contributed by atoms with Crippen LogP contribution in [0.1, 0.15) is 37.4 Å². The van der Waals surface area contributed by atoms with Crippen LogP contribution in [0.4, 0.5) is 13.2 Å². The minimum atomic E-state index is -1.24. The van der Waals surface area contributed by atoms with Crippen molar-refractivity contribution in [1.29, 1.82) is 0 Å². The first-order valence-electron chi connectivity index (χ1n) is 12.5. The third-order valence-electron chi connectivity index (χ3n) is 7.05. The maximum Gasteiger partial charge on any atom is 0.308 e. The highest BCUT2D eigenvalue weighted by molar-refractivity contribution is 7.99. The highest BCUT2D eigenvalue weighted by Crippen LogP contribution is 2.35. The largest absolute Gasteiger partial charge is 0.497 e. The Morgan fingerprint density at radius 3 is 2.76 bits per heavy atom. The van der Waals surface area contributed by atoms with Gasteiger partial charge in [0.1, 0.15) is 23.6 Å². The van der Waals surface area contributed by atoms with Gasteiger partial charge < -0.3 is 14.7 Å². The SMILES string of the molecule is COc1ccc2nccc(C(F)CC[C@@H]3CCN(CCCSc4c(F)cccc4F)C[C@@H]3C(=O)O)c2c1. The van der Waals surface area contributed by atoms with Gasteiger partial charge >= 0.3 is 5.97 Å². The number of carbonyl (C=O) groups is 1. The van der Waals surface area contributed by atoms with Gasteiger partial charge in [-0.3, -0.25) is 9.78 Å². The zero-order valence-electron chi connectivity index (χ0n) is 20.7. The molecule has 0 saturated carbocycles. The molecule has 3 aromatic rings. The highest BCUT2D eigenvalue weighted by Gasteiger charge is 2.34. The number of alkyl halides is 1. The molecule has 0 aliphatic carbocycles. The van der Waals surface area contributed by atoms with E-state index in [9.17, 15) is 18.7 Å². The van der Waals surface area contributed by atoms with Crippen LogP contribution in [0.5, 0.6) is 5.75 Å². The predicted octanol–water partition coefficient (Wildman–Crippen LogP) is 6.52. The van der Waals surface area contributed by atoms with Crippen molar-refractivity contribution in [3.8, 4) is 5.75 Å². The summed E-state index contributed by atoms with van der Waals surface area (Å²) >= 11 is 1.14. The molecule has 4 rings (SSSR count). The molecule has 5 nitrogen and oxygen atoms in total. The van der Waals surface area contributed by atoms with E-state index < -0.39 is 29.7 Å². The number of likely N-dealkylation sites (tertiary alicyclic amines) is 1. The Bertz CT molecular complexity index is 1210. The van der Waals surface area contributed by atoms with Crippen molar-refractivity contribution >= 4 is 28.6 Å². The van der Waals surface area contributed by atoms with Crippen molar-refractivity contribution in [1.82, 2.24) is 9.88 Å². The fraction of sp³-hybridized carbons (Fsp3) is 0.429. The number of piperidine rings is 1. The van der Waals surface area contributed by atoms with Crippen molar-refractivity contribution < 1.29 is 27.8 Å². The average Bonchev–Trinajstić information content (AvgIpc) is 2.90. The first-order chi connectivity index (χ1) is 17.9. The van der Waals surface area contributed by atoms with Gasteiger partial charge in [0, 0.05) is 18.1 Å². The second-order valence-electron chi connectivity index (χ2n) is 9.38. The van der Waals surface area contributed by atoms with E-state index in [1.54, 1.807) is 37.6 Å². The van der Waals surface area contributed by atoms with E-state index >= 15 is 4.39 Å². The molecule has 0 radical (unpaired) electrons. The normalized spacial score (nSPS) is 19.1. The molecule has 9 heteroatoms. The zero-order valence-corrected chi connectivity index (χ0v) is 21.5. The third-order valence-corrected chi connectivity index (χ3v) is 8.22. The summed E-state index contributed by atoms with van der Waals surface area (Å²) in [5.74, 6) is -1.53. The lowest BCUT2D eigenvalue weighted by molar-refractivity contribution is -0.146. The summed E-state index contributed by atoms with van der Waals surface area (Å²) in [6, 6.07) is 10.9. The van der Waals surface area contributed by atoms with Crippen LogP contribution in [0.25, 0.3) is 10.9 Å². The van der Waals surface area contributed by atoms with E-state index in [4.69, 9.17) is 4.74 Å². The number of fused-ring (bicyclic) bond motifs is 1. The molecule has 1 saturated heterocycles. The molecule has 1 aliphatic rings. The van der Waals surface area contributed by atoms with Crippen LogP contribution in [0.2, 0.25) is 0 Å². The summed E-state index contributed by atoms with van der Waals surface area (Å²) in [6.45, 7) is 1.76. The first-order valence-corrected chi connectivity index (χ1v) is 13.4. The van der Waals surface area contributed by atoms with Crippen LogP contribution in [-0.4, -0.2) is 53.5 Å². The number of aromatic nitrogens is 1. The Morgan fingerprint density at radius 2 is 2.03 bits per heavy atom. The van der Waals surface area contributed by atoms with Crippen molar-refractivity contribution in [2.45, 2.75) is 36.8 Å². The highest BCUT2D eigenvalue weighted by atomic mass is 32.2. The van der Waals surface area contributed by atoms with Gasteiger partial charge in [-0.25, -0.2) is 13.2 Å². The van der Waals surface area contributed by atoms with Gasteiger partial charge in [-0.05, 0) is 92.4 Å². The Hall–Kier alpha value is -2.78. The summed E-state index contributed by atoms with van der Waals surface area (Å²) in [5, 5.41) is 10.6. The van der Waals surface area contributed by atoms with Gasteiger partial charge in [-0.15, -0.1) is 11.8 Å². The molecule has 1 N–H and O–H groups in total. The molecule has 2 heterocycles. The summed E-state index contributed by atoms with van der Waals surface area (Å²) in [5.41, 5.74) is 1.23. The van der Waals surface area contributed by atoms with E-state index in [2.05, 4.69) is 9.88 Å². The molecule has 2 aromatic carbocycles. The molecule has 1 aromatic heterocycles. The van der Waals surface area contributed by atoms with Crippen molar-refractivity contribution in [2.75, 3.05) is 32.5 Å². The van der Waals surface area contributed by atoms with Gasteiger partial charge in [-0.1, -0.05) is 6.07 Å². The number of pyridine rings is 1. The quantitative estimate of drug-likeness (QED) is 0.224.